The molecule has 38 heavy (non-hydrogen) atoms. The van der Waals surface area contributed by atoms with Gasteiger partial charge in [-0.25, -0.2) is 10.3 Å². The molecule has 0 saturated carbocycles. The maximum Gasteiger partial charge on any atom is 0.405 e. The highest BCUT2D eigenvalue weighted by molar-refractivity contribution is 5.98. The lowest BCUT2D eigenvalue weighted by Gasteiger charge is -2.33. The van der Waals surface area contributed by atoms with Crippen molar-refractivity contribution in [3.8, 4) is 11.8 Å². The fourth-order valence-corrected chi connectivity index (χ4v) is 3.61. The molecule has 2 aromatic carbocycles. The van der Waals surface area contributed by atoms with Crippen molar-refractivity contribution in [3.05, 3.63) is 101 Å². The summed E-state index contributed by atoms with van der Waals surface area (Å²) in [5, 5.41) is 26.0. The first-order valence-electron chi connectivity index (χ1n) is 11.7. The van der Waals surface area contributed by atoms with Crippen LogP contribution in [0.1, 0.15) is 46.5 Å². The van der Waals surface area contributed by atoms with E-state index in [4.69, 9.17) is 10.3 Å². The summed E-state index contributed by atoms with van der Waals surface area (Å²) < 4.78 is 0. The normalized spacial score (nSPS) is 11.4. The van der Waals surface area contributed by atoms with E-state index in [2.05, 4.69) is 32.8 Å². The number of nitrogens with zero attached hydrogens (tertiary/aromatic N) is 1. The van der Waals surface area contributed by atoms with Gasteiger partial charge in [0, 0.05) is 42.2 Å². The number of amides is 3. The van der Waals surface area contributed by atoms with Crippen molar-refractivity contribution in [2.45, 2.75) is 38.5 Å². The maximum absolute atomic E-state index is 12.7. The lowest BCUT2D eigenvalue weighted by atomic mass is 9.93. The highest BCUT2D eigenvalue weighted by atomic mass is 16.5. The molecule has 0 aliphatic rings. The fraction of sp³-hybridized carbons (Fsp3) is 0.214. The summed E-state index contributed by atoms with van der Waals surface area (Å²) in [7, 11) is 0. The number of carboxylic acid groups (broad SMARTS) is 1. The summed E-state index contributed by atoms with van der Waals surface area (Å²) >= 11 is 0. The first-order valence-corrected chi connectivity index (χ1v) is 11.7. The Morgan fingerprint density at radius 2 is 1.39 bits per heavy atom. The quantitative estimate of drug-likeness (QED) is 0.145. The zero-order valence-electron chi connectivity index (χ0n) is 21.0. The van der Waals surface area contributed by atoms with Crippen molar-refractivity contribution >= 4 is 17.9 Å². The molecule has 0 spiro atoms. The molecule has 3 rings (SSSR count). The number of benzene rings is 2. The highest BCUT2D eigenvalue weighted by Gasteiger charge is 2.38. The number of carbonyl (C=O) groups excluding carboxylic acids is 2. The Bertz CT molecular complexity index is 1310. The molecular formula is C28H29N5O5. The average molecular weight is 516 g/mol. The lowest BCUT2D eigenvalue weighted by molar-refractivity contribution is -0.132. The van der Waals surface area contributed by atoms with E-state index in [0.717, 1.165) is 24.2 Å². The van der Waals surface area contributed by atoms with E-state index in [0.29, 0.717) is 5.56 Å². The van der Waals surface area contributed by atoms with Gasteiger partial charge in [0.2, 0.25) is 0 Å². The minimum Gasteiger partial charge on any atom is -0.465 e. The second-order valence-electron chi connectivity index (χ2n) is 9.02. The molecule has 0 radical (unpaired) electrons. The van der Waals surface area contributed by atoms with Gasteiger partial charge < -0.3 is 21.1 Å². The second-order valence-corrected chi connectivity index (χ2v) is 9.02. The van der Waals surface area contributed by atoms with Gasteiger partial charge >= 0.3 is 6.09 Å². The Balaban J connectivity index is 1.58. The first-order chi connectivity index (χ1) is 18.2. The average Bonchev–Trinajstić information content (AvgIpc) is 2.91. The van der Waals surface area contributed by atoms with E-state index in [1.165, 1.54) is 24.9 Å². The van der Waals surface area contributed by atoms with Crippen molar-refractivity contribution in [2.24, 2.45) is 0 Å². The molecule has 0 aliphatic carbocycles. The van der Waals surface area contributed by atoms with E-state index in [1.807, 2.05) is 36.4 Å². The molecule has 1 heterocycles. The lowest BCUT2D eigenvalue weighted by Crippen LogP contribution is -2.64. The van der Waals surface area contributed by atoms with E-state index < -0.39 is 29.5 Å². The van der Waals surface area contributed by atoms with Gasteiger partial charge in [0.05, 0.1) is 5.54 Å². The monoisotopic (exact) mass is 515 g/mol. The maximum atomic E-state index is 12.7. The van der Waals surface area contributed by atoms with Crippen molar-refractivity contribution in [1.82, 2.24) is 26.4 Å². The third-order valence-electron chi connectivity index (χ3n) is 5.66. The van der Waals surface area contributed by atoms with Gasteiger partial charge in [-0.1, -0.05) is 24.0 Å². The number of hydrogen-bond acceptors (Lipinski definition) is 6. The van der Waals surface area contributed by atoms with Crippen molar-refractivity contribution < 1.29 is 24.7 Å². The second kappa shape index (κ2) is 13.0. The van der Waals surface area contributed by atoms with Crippen LogP contribution in [0, 0.1) is 11.8 Å². The van der Waals surface area contributed by atoms with E-state index in [9.17, 15) is 14.4 Å². The number of hydrogen-bond donors (Lipinski definition) is 6. The van der Waals surface area contributed by atoms with Crippen LogP contribution in [-0.4, -0.2) is 44.8 Å². The van der Waals surface area contributed by atoms with Gasteiger partial charge in [-0.15, -0.1) is 0 Å². The first kappa shape index (κ1) is 27.9. The number of aromatic nitrogens is 1. The fourth-order valence-electron chi connectivity index (χ4n) is 3.61. The van der Waals surface area contributed by atoms with Crippen LogP contribution >= 0.6 is 0 Å². The number of carbonyl (C=O) groups is 3. The topological polar surface area (TPSA) is 153 Å². The van der Waals surface area contributed by atoms with Crippen LogP contribution in [0.4, 0.5) is 4.79 Å². The van der Waals surface area contributed by atoms with Crippen molar-refractivity contribution in [2.75, 3.05) is 0 Å². The van der Waals surface area contributed by atoms with Crippen LogP contribution < -0.4 is 21.4 Å². The van der Waals surface area contributed by atoms with Gasteiger partial charge in [-0.3, -0.25) is 19.8 Å². The number of pyridine rings is 1. The Morgan fingerprint density at radius 1 is 0.868 bits per heavy atom. The molecule has 1 unspecified atom stereocenters. The SMILES string of the molecule is CC(C)(NC(=O)O)C(NC(=O)c1ccc(C#Cc2ccc(CNCc3ccncc3)cc2)cc1)C(=O)NO. The summed E-state index contributed by atoms with van der Waals surface area (Å²) in [4.78, 5) is 39.8. The molecule has 0 aliphatic heterocycles. The third-order valence-corrected chi connectivity index (χ3v) is 5.66. The molecule has 0 saturated heterocycles. The van der Waals surface area contributed by atoms with E-state index in [-0.39, 0.29) is 5.56 Å². The largest absolute Gasteiger partial charge is 0.465 e. The Labute approximate surface area is 220 Å². The molecule has 0 bridgehead atoms. The molecule has 0 fully saturated rings. The molecule has 1 aromatic heterocycles. The van der Waals surface area contributed by atoms with Crippen LogP contribution in [0.25, 0.3) is 0 Å². The van der Waals surface area contributed by atoms with Crippen LogP contribution in [0.5, 0.6) is 0 Å². The number of hydroxylamine groups is 1. The molecule has 3 aromatic rings. The number of rotatable bonds is 9. The zero-order valence-corrected chi connectivity index (χ0v) is 21.0. The van der Waals surface area contributed by atoms with Crippen molar-refractivity contribution in [3.63, 3.8) is 0 Å². The van der Waals surface area contributed by atoms with Crippen LogP contribution in [0.2, 0.25) is 0 Å². The standard InChI is InChI=1S/C28H29N5O5/c1-28(2,32-27(36)37)24(26(35)33-38)31-25(34)23-11-9-20(10-12-23)4-3-19-5-7-21(8-6-19)17-30-18-22-13-15-29-16-14-22/h5-16,24,30,32,38H,17-18H2,1-2H3,(H,31,34)(H,33,35)(H,36,37). The summed E-state index contributed by atoms with van der Waals surface area (Å²) in [6.45, 7) is 4.30. The molecule has 10 nitrogen and oxygen atoms in total. The van der Waals surface area contributed by atoms with Crippen LogP contribution in [0.15, 0.2) is 73.1 Å². The minimum atomic E-state index is -1.40. The van der Waals surface area contributed by atoms with Crippen molar-refractivity contribution in [1.29, 1.82) is 0 Å². The molecule has 10 heteroatoms. The van der Waals surface area contributed by atoms with Crippen LogP contribution in [-0.2, 0) is 17.9 Å². The molecule has 196 valence electrons. The zero-order chi connectivity index (χ0) is 27.5. The van der Waals surface area contributed by atoms with E-state index in [1.54, 1.807) is 36.7 Å². The summed E-state index contributed by atoms with van der Waals surface area (Å²) in [5.41, 5.74) is 4.12. The van der Waals surface area contributed by atoms with Gasteiger partial charge in [0.25, 0.3) is 11.8 Å². The smallest absolute Gasteiger partial charge is 0.405 e. The minimum absolute atomic E-state index is 0.237. The van der Waals surface area contributed by atoms with Gasteiger partial charge in [0.15, 0.2) is 0 Å². The molecule has 1 atom stereocenters. The molecule has 6 N–H and O–H groups in total. The Morgan fingerprint density at radius 3 is 1.92 bits per heavy atom. The van der Waals surface area contributed by atoms with Gasteiger partial charge in [-0.2, -0.15) is 0 Å². The Hall–Kier alpha value is -4.72. The summed E-state index contributed by atoms with van der Waals surface area (Å²) in [6.07, 6.45) is 2.16. The summed E-state index contributed by atoms with van der Waals surface area (Å²) in [6, 6.07) is 16.9. The third kappa shape index (κ3) is 8.16. The predicted octanol–water partition coefficient (Wildman–Crippen LogP) is 2.42. The van der Waals surface area contributed by atoms with Gasteiger partial charge in [-0.05, 0) is 73.5 Å². The highest BCUT2D eigenvalue weighted by Crippen LogP contribution is 2.12. The molecular weight excluding hydrogens is 486 g/mol. The molecule has 3 amide bonds. The van der Waals surface area contributed by atoms with E-state index >= 15 is 0 Å². The number of nitrogens with one attached hydrogen (secondary N) is 4. The summed E-state index contributed by atoms with van der Waals surface area (Å²) in [5.74, 6) is 4.56. The van der Waals surface area contributed by atoms with Gasteiger partial charge in [0.1, 0.15) is 6.04 Å². The van der Waals surface area contributed by atoms with Crippen LogP contribution in [0.3, 0.4) is 0 Å². The predicted molar refractivity (Wildman–Crippen MR) is 140 cm³/mol. The Kier molecular flexibility index (Phi) is 9.54.